The molecule has 0 atom stereocenters. The molecule has 0 saturated carbocycles. The van der Waals surface area contributed by atoms with Crippen molar-refractivity contribution in [3.8, 4) is 11.8 Å². The van der Waals surface area contributed by atoms with Crippen LogP contribution in [0.25, 0.3) is 0 Å². The topological polar surface area (TPSA) is 33.1 Å². The molecule has 0 saturated heterocycles. The van der Waals surface area contributed by atoms with Gasteiger partial charge in [-0.15, -0.1) is 0 Å². The van der Waals surface area contributed by atoms with Gasteiger partial charge in [0.1, 0.15) is 12.3 Å². The molecule has 0 unspecified atom stereocenters. The second kappa shape index (κ2) is 4.11. The van der Waals surface area contributed by atoms with Crippen LogP contribution in [0.3, 0.4) is 0 Å². The third kappa shape index (κ3) is 2.75. The Balaban J connectivity index is 3.02. The molecule has 14 heavy (non-hydrogen) atoms. The van der Waals surface area contributed by atoms with E-state index in [1.807, 2.05) is 0 Å². The minimum absolute atomic E-state index is 0.182. The van der Waals surface area contributed by atoms with E-state index >= 15 is 0 Å². The summed E-state index contributed by atoms with van der Waals surface area (Å²) in [4.78, 5) is 3.16. The van der Waals surface area contributed by atoms with Crippen molar-refractivity contribution >= 4 is 0 Å². The van der Waals surface area contributed by atoms with Gasteiger partial charge in [-0.1, -0.05) is 11.8 Å². The summed E-state index contributed by atoms with van der Waals surface area (Å²) >= 11 is 0. The van der Waals surface area contributed by atoms with Crippen LogP contribution in [-0.4, -0.2) is 16.7 Å². The van der Waals surface area contributed by atoms with Gasteiger partial charge in [0.05, 0.1) is 0 Å². The van der Waals surface area contributed by atoms with E-state index in [2.05, 4.69) is 16.8 Å². The van der Waals surface area contributed by atoms with Crippen LogP contribution < -0.4 is 0 Å². The highest BCUT2D eigenvalue weighted by atomic mass is 19.4. The van der Waals surface area contributed by atoms with Gasteiger partial charge in [-0.3, -0.25) is 4.98 Å². The van der Waals surface area contributed by atoms with Gasteiger partial charge in [0, 0.05) is 11.8 Å². The maximum atomic E-state index is 12.1. The Bertz CT molecular complexity index is 376. The van der Waals surface area contributed by atoms with Crippen LogP contribution in [0.2, 0.25) is 0 Å². The van der Waals surface area contributed by atoms with E-state index in [-0.39, 0.29) is 12.2 Å². The molecule has 1 rings (SSSR count). The number of alkyl halides is 3. The highest BCUT2D eigenvalue weighted by molar-refractivity contribution is 5.34. The summed E-state index contributed by atoms with van der Waals surface area (Å²) in [5, 5.41) is 8.35. The van der Waals surface area contributed by atoms with Crippen LogP contribution in [0.15, 0.2) is 18.3 Å². The first-order valence-electron chi connectivity index (χ1n) is 3.67. The first-order valence-corrected chi connectivity index (χ1v) is 3.67. The van der Waals surface area contributed by atoms with Gasteiger partial charge in [0.25, 0.3) is 0 Å². The Hall–Kier alpha value is -1.54. The Morgan fingerprint density at radius 2 is 2.14 bits per heavy atom. The molecule has 5 heteroatoms. The molecule has 2 nitrogen and oxygen atoms in total. The standard InChI is InChI=1S/C9H6F3NO/c10-9(11,12)8-6-7(2-1-5-14)3-4-13-8/h3-4,6,14H,5H2. The van der Waals surface area contributed by atoms with Crippen molar-refractivity contribution in [2.24, 2.45) is 0 Å². The summed E-state index contributed by atoms with van der Waals surface area (Å²) < 4.78 is 36.4. The van der Waals surface area contributed by atoms with E-state index in [1.54, 1.807) is 0 Å². The molecule has 0 fully saturated rings. The first kappa shape index (κ1) is 10.5. The highest BCUT2D eigenvalue weighted by Gasteiger charge is 2.32. The number of aliphatic hydroxyl groups excluding tert-OH is 1. The number of rotatable bonds is 0. The fraction of sp³-hybridized carbons (Fsp3) is 0.222. The minimum Gasteiger partial charge on any atom is -0.384 e. The SMILES string of the molecule is OCC#Cc1ccnc(C(F)(F)F)c1. The quantitative estimate of drug-likeness (QED) is 0.644. The molecule has 0 amide bonds. The summed E-state index contributed by atoms with van der Waals surface area (Å²) in [6, 6.07) is 2.18. The van der Waals surface area contributed by atoms with Crippen molar-refractivity contribution in [2.75, 3.05) is 6.61 Å². The van der Waals surface area contributed by atoms with Crippen LogP contribution in [0, 0.1) is 11.8 Å². The molecule has 1 N–H and O–H groups in total. The maximum Gasteiger partial charge on any atom is 0.433 e. The zero-order chi connectivity index (χ0) is 10.6. The largest absolute Gasteiger partial charge is 0.433 e. The third-order valence-corrected chi connectivity index (χ3v) is 1.36. The molecule has 1 aromatic rings. The molecule has 0 aromatic carbocycles. The average Bonchev–Trinajstić information content (AvgIpc) is 2.14. The van der Waals surface area contributed by atoms with Gasteiger partial charge >= 0.3 is 6.18 Å². The van der Waals surface area contributed by atoms with Crippen LogP contribution in [0.1, 0.15) is 11.3 Å². The van der Waals surface area contributed by atoms with Crippen molar-refractivity contribution in [2.45, 2.75) is 6.18 Å². The maximum absolute atomic E-state index is 12.1. The van der Waals surface area contributed by atoms with E-state index in [9.17, 15) is 13.2 Å². The monoisotopic (exact) mass is 201 g/mol. The average molecular weight is 201 g/mol. The van der Waals surface area contributed by atoms with E-state index < -0.39 is 11.9 Å². The Kier molecular flexibility index (Phi) is 3.10. The normalized spacial score (nSPS) is 10.6. The van der Waals surface area contributed by atoms with Gasteiger partial charge in [0.2, 0.25) is 0 Å². The molecule has 0 aliphatic carbocycles. The number of hydrogen-bond donors (Lipinski definition) is 1. The first-order chi connectivity index (χ1) is 6.54. The van der Waals surface area contributed by atoms with Crippen molar-refractivity contribution in [3.05, 3.63) is 29.6 Å². The van der Waals surface area contributed by atoms with Crippen LogP contribution in [0.4, 0.5) is 13.2 Å². The van der Waals surface area contributed by atoms with E-state index in [4.69, 9.17) is 5.11 Å². The van der Waals surface area contributed by atoms with E-state index in [1.165, 1.54) is 6.07 Å². The van der Waals surface area contributed by atoms with Crippen LogP contribution in [-0.2, 0) is 6.18 Å². The molecular weight excluding hydrogens is 195 g/mol. The lowest BCUT2D eigenvalue weighted by molar-refractivity contribution is -0.141. The van der Waals surface area contributed by atoms with Crippen molar-refractivity contribution < 1.29 is 18.3 Å². The van der Waals surface area contributed by atoms with Crippen molar-refractivity contribution in [3.63, 3.8) is 0 Å². The van der Waals surface area contributed by atoms with E-state index in [0.29, 0.717) is 0 Å². The highest BCUT2D eigenvalue weighted by Crippen LogP contribution is 2.27. The lowest BCUT2D eigenvalue weighted by atomic mass is 10.2. The fourth-order valence-corrected chi connectivity index (χ4v) is 0.805. The lowest BCUT2D eigenvalue weighted by Gasteiger charge is -2.04. The summed E-state index contributed by atoms with van der Waals surface area (Å²) in [5.74, 6) is 4.62. The predicted molar refractivity (Wildman–Crippen MR) is 43.2 cm³/mol. The molecular formula is C9H6F3NO. The molecule has 0 spiro atoms. The second-order valence-corrected chi connectivity index (χ2v) is 2.39. The smallest absolute Gasteiger partial charge is 0.384 e. The Labute approximate surface area is 78.4 Å². The number of pyridine rings is 1. The number of halogens is 3. The summed E-state index contributed by atoms with van der Waals surface area (Å²) in [7, 11) is 0. The van der Waals surface area contributed by atoms with Gasteiger partial charge in [0.15, 0.2) is 0 Å². The Morgan fingerprint density at radius 1 is 1.43 bits per heavy atom. The van der Waals surface area contributed by atoms with Gasteiger partial charge < -0.3 is 5.11 Å². The molecule has 1 heterocycles. The number of nitrogens with zero attached hydrogens (tertiary/aromatic N) is 1. The van der Waals surface area contributed by atoms with Gasteiger partial charge in [-0.2, -0.15) is 13.2 Å². The number of hydrogen-bond acceptors (Lipinski definition) is 2. The zero-order valence-electron chi connectivity index (χ0n) is 6.97. The van der Waals surface area contributed by atoms with Crippen molar-refractivity contribution in [1.29, 1.82) is 0 Å². The summed E-state index contributed by atoms with van der Waals surface area (Å²) in [5.41, 5.74) is -0.802. The van der Waals surface area contributed by atoms with Gasteiger partial charge in [-0.05, 0) is 12.1 Å². The molecule has 0 aliphatic rings. The van der Waals surface area contributed by atoms with E-state index in [0.717, 1.165) is 12.3 Å². The minimum atomic E-state index is -4.46. The van der Waals surface area contributed by atoms with Gasteiger partial charge in [-0.25, -0.2) is 0 Å². The fourth-order valence-electron chi connectivity index (χ4n) is 0.805. The molecule has 0 bridgehead atoms. The summed E-state index contributed by atoms with van der Waals surface area (Å²) in [6.45, 7) is -0.385. The predicted octanol–water partition coefficient (Wildman–Crippen LogP) is 1.44. The molecule has 1 aromatic heterocycles. The Morgan fingerprint density at radius 3 is 2.71 bits per heavy atom. The number of aromatic nitrogens is 1. The van der Waals surface area contributed by atoms with Crippen LogP contribution in [0.5, 0.6) is 0 Å². The molecule has 0 radical (unpaired) electrons. The second-order valence-electron chi connectivity index (χ2n) is 2.39. The van der Waals surface area contributed by atoms with Crippen molar-refractivity contribution in [1.82, 2.24) is 4.98 Å². The summed E-state index contributed by atoms with van der Waals surface area (Å²) in [6.07, 6.45) is -3.43. The zero-order valence-corrected chi connectivity index (χ0v) is 6.97. The third-order valence-electron chi connectivity index (χ3n) is 1.36. The lowest BCUT2D eigenvalue weighted by Crippen LogP contribution is -2.07. The molecule has 74 valence electrons. The number of aliphatic hydroxyl groups is 1. The molecule has 0 aliphatic heterocycles. The van der Waals surface area contributed by atoms with Crippen LogP contribution >= 0.6 is 0 Å².